The van der Waals surface area contributed by atoms with Crippen LogP contribution in [0.2, 0.25) is 0 Å². The molecule has 0 radical (unpaired) electrons. The number of carbonyl (C=O) groups excluding carboxylic acids is 1. The van der Waals surface area contributed by atoms with E-state index in [4.69, 9.17) is 0 Å². The monoisotopic (exact) mass is 169 g/mol. The molecule has 0 saturated heterocycles. The molecule has 0 spiro atoms. The van der Waals surface area contributed by atoms with Crippen molar-refractivity contribution in [1.29, 1.82) is 0 Å². The van der Waals surface area contributed by atoms with Gasteiger partial charge in [-0.3, -0.25) is 4.79 Å². The highest BCUT2D eigenvalue weighted by Gasteiger charge is 2.07. The second-order valence-electron chi connectivity index (χ2n) is 4.12. The predicted octanol–water partition coefficient (Wildman–Crippen LogP) is 2.11. The summed E-state index contributed by atoms with van der Waals surface area (Å²) in [7, 11) is 1.64. The molecule has 2 heteroatoms. The second-order valence-corrected chi connectivity index (χ2v) is 4.12. The molecule has 0 bridgehead atoms. The van der Waals surface area contributed by atoms with Crippen LogP contribution in [-0.2, 0) is 4.79 Å². The Morgan fingerprint density at radius 2 is 2.00 bits per heavy atom. The maximum Gasteiger partial charge on any atom is 0.243 e. The normalized spacial score (nSPS) is 12.0. The first-order valence-corrected chi connectivity index (χ1v) is 4.34. The number of nitrogens with one attached hydrogen (secondary N) is 1. The van der Waals surface area contributed by atoms with Gasteiger partial charge in [-0.1, -0.05) is 26.8 Å². The van der Waals surface area contributed by atoms with Crippen molar-refractivity contribution in [3.63, 3.8) is 0 Å². The minimum Gasteiger partial charge on any atom is -0.356 e. The van der Waals surface area contributed by atoms with Crippen molar-refractivity contribution < 1.29 is 4.79 Å². The number of rotatable bonds is 3. The summed E-state index contributed by atoms with van der Waals surface area (Å²) < 4.78 is 0. The summed E-state index contributed by atoms with van der Waals surface area (Å²) in [6.07, 6.45) is 5.59. The maximum absolute atomic E-state index is 10.7. The summed E-state index contributed by atoms with van der Waals surface area (Å²) in [5.41, 5.74) is 0.354. The van der Waals surface area contributed by atoms with Crippen molar-refractivity contribution in [3.05, 3.63) is 12.2 Å². The van der Waals surface area contributed by atoms with Crippen LogP contribution in [0.3, 0.4) is 0 Å². The van der Waals surface area contributed by atoms with Crippen LogP contribution in [0.4, 0.5) is 0 Å². The van der Waals surface area contributed by atoms with E-state index in [0.29, 0.717) is 5.41 Å². The number of likely N-dealkylation sites (N-methyl/N-ethyl adjacent to an activating group) is 1. The zero-order valence-electron chi connectivity index (χ0n) is 8.48. The van der Waals surface area contributed by atoms with Crippen LogP contribution in [0, 0.1) is 5.41 Å². The van der Waals surface area contributed by atoms with Gasteiger partial charge in [-0.2, -0.15) is 0 Å². The molecule has 0 saturated carbocycles. The lowest BCUT2D eigenvalue weighted by Crippen LogP contribution is -2.14. The van der Waals surface area contributed by atoms with Crippen molar-refractivity contribution in [2.24, 2.45) is 5.41 Å². The topological polar surface area (TPSA) is 29.1 Å². The lowest BCUT2D eigenvalue weighted by Gasteiger charge is -2.15. The van der Waals surface area contributed by atoms with Crippen molar-refractivity contribution in [1.82, 2.24) is 5.32 Å². The molecule has 0 rings (SSSR count). The van der Waals surface area contributed by atoms with Gasteiger partial charge in [0, 0.05) is 7.05 Å². The Balaban J connectivity index is 3.56. The summed E-state index contributed by atoms with van der Waals surface area (Å²) in [6.45, 7) is 6.59. The molecule has 0 aliphatic rings. The third-order valence-electron chi connectivity index (χ3n) is 1.58. The van der Waals surface area contributed by atoms with Crippen LogP contribution in [-0.4, -0.2) is 13.0 Å². The summed E-state index contributed by atoms with van der Waals surface area (Å²) >= 11 is 0. The molecule has 0 fully saturated rings. The fraction of sp³-hybridized carbons (Fsp3) is 0.700. The number of hydrogen-bond acceptors (Lipinski definition) is 1. The zero-order valence-corrected chi connectivity index (χ0v) is 8.48. The third kappa shape index (κ3) is 7.32. The summed E-state index contributed by atoms with van der Waals surface area (Å²) in [5.74, 6) is -0.0242. The van der Waals surface area contributed by atoms with Crippen LogP contribution in [0.1, 0.15) is 33.6 Å². The van der Waals surface area contributed by atoms with Crippen LogP contribution >= 0.6 is 0 Å². The highest BCUT2D eigenvalue weighted by Crippen LogP contribution is 2.20. The van der Waals surface area contributed by atoms with E-state index in [-0.39, 0.29) is 5.91 Å². The molecule has 0 aromatic heterocycles. The van der Waals surface area contributed by atoms with E-state index in [1.54, 1.807) is 13.1 Å². The molecule has 0 aliphatic carbocycles. The van der Waals surface area contributed by atoms with Gasteiger partial charge in [-0.15, -0.1) is 0 Å². The quantitative estimate of drug-likeness (QED) is 0.644. The Bertz CT molecular complexity index is 165. The second kappa shape index (κ2) is 4.96. The van der Waals surface area contributed by atoms with Gasteiger partial charge in [-0.05, 0) is 24.3 Å². The van der Waals surface area contributed by atoms with E-state index in [1.807, 2.05) is 6.08 Å². The van der Waals surface area contributed by atoms with Gasteiger partial charge in [0.1, 0.15) is 0 Å². The average molecular weight is 169 g/mol. The summed E-state index contributed by atoms with van der Waals surface area (Å²) in [4.78, 5) is 10.7. The lowest BCUT2D eigenvalue weighted by atomic mass is 9.90. The number of carbonyl (C=O) groups is 1. The van der Waals surface area contributed by atoms with Crippen molar-refractivity contribution in [2.45, 2.75) is 33.6 Å². The van der Waals surface area contributed by atoms with Gasteiger partial charge >= 0.3 is 0 Å². The molecule has 2 nitrogen and oxygen atoms in total. The van der Waals surface area contributed by atoms with Crippen molar-refractivity contribution in [2.75, 3.05) is 7.05 Å². The van der Waals surface area contributed by atoms with Crippen LogP contribution in [0.5, 0.6) is 0 Å². The standard InChI is InChI=1S/C10H19NO/c1-10(2,3)8-6-5-7-9(12)11-4/h5,7H,6,8H2,1-4H3,(H,11,12)/b7-5+. The third-order valence-corrected chi connectivity index (χ3v) is 1.58. The summed E-state index contributed by atoms with van der Waals surface area (Å²) in [6, 6.07) is 0. The Labute approximate surface area is 75.0 Å². The smallest absolute Gasteiger partial charge is 0.243 e. The molecular formula is C10H19NO. The number of allylic oxidation sites excluding steroid dienone is 1. The Hall–Kier alpha value is -0.790. The van der Waals surface area contributed by atoms with Gasteiger partial charge in [0.05, 0.1) is 0 Å². The van der Waals surface area contributed by atoms with Crippen LogP contribution in [0.25, 0.3) is 0 Å². The van der Waals surface area contributed by atoms with Gasteiger partial charge in [0.25, 0.3) is 0 Å². The molecule has 0 unspecified atom stereocenters. The fourth-order valence-corrected chi connectivity index (χ4v) is 0.790. The molecule has 0 aliphatic heterocycles. The molecule has 0 aromatic carbocycles. The van der Waals surface area contributed by atoms with Gasteiger partial charge in [0.2, 0.25) is 5.91 Å². The van der Waals surface area contributed by atoms with E-state index in [1.165, 1.54) is 0 Å². The van der Waals surface area contributed by atoms with E-state index < -0.39 is 0 Å². The average Bonchev–Trinajstić information content (AvgIpc) is 1.96. The predicted molar refractivity (Wildman–Crippen MR) is 51.9 cm³/mol. The lowest BCUT2D eigenvalue weighted by molar-refractivity contribution is -0.116. The molecule has 1 N–H and O–H groups in total. The molecule has 0 heterocycles. The van der Waals surface area contributed by atoms with E-state index in [9.17, 15) is 4.79 Å². The number of amides is 1. The van der Waals surface area contributed by atoms with Gasteiger partial charge in [-0.25, -0.2) is 0 Å². The molecule has 0 atom stereocenters. The largest absolute Gasteiger partial charge is 0.356 e. The highest BCUT2D eigenvalue weighted by molar-refractivity contribution is 5.87. The zero-order chi connectivity index (χ0) is 9.61. The molecule has 0 aromatic rings. The van der Waals surface area contributed by atoms with Crippen LogP contribution < -0.4 is 5.32 Å². The van der Waals surface area contributed by atoms with Crippen LogP contribution in [0.15, 0.2) is 12.2 Å². The molecule has 70 valence electrons. The van der Waals surface area contributed by atoms with Gasteiger partial charge < -0.3 is 5.32 Å². The highest BCUT2D eigenvalue weighted by atomic mass is 16.1. The first-order valence-electron chi connectivity index (χ1n) is 4.34. The van der Waals surface area contributed by atoms with Crippen molar-refractivity contribution in [3.8, 4) is 0 Å². The molecule has 12 heavy (non-hydrogen) atoms. The first kappa shape index (κ1) is 11.2. The fourth-order valence-electron chi connectivity index (χ4n) is 0.790. The minimum atomic E-state index is -0.0242. The Morgan fingerprint density at radius 3 is 2.42 bits per heavy atom. The SMILES string of the molecule is CNC(=O)/C=C/CCC(C)(C)C. The minimum absolute atomic E-state index is 0.0242. The van der Waals surface area contributed by atoms with Crippen molar-refractivity contribution >= 4 is 5.91 Å². The first-order chi connectivity index (χ1) is 5.45. The number of hydrogen-bond donors (Lipinski definition) is 1. The Kier molecular flexibility index (Phi) is 4.64. The summed E-state index contributed by atoms with van der Waals surface area (Å²) in [5, 5.41) is 2.54. The molecular weight excluding hydrogens is 150 g/mol. The van der Waals surface area contributed by atoms with E-state index in [2.05, 4.69) is 26.1 Å². The van der Waals surface area contributed by atoms with Gasteiger partial charge in [0.15, 0.2) is 0 Å². The van der Waals surface area contributed by atoms with E-state index >= 15 is 0 Å². The maximum atomic E-state index is 10.7. The molecule has 1 amide bonds. The van der Waals surface area contributed by atoms with E-state index in [0.717, 1.165) is 12.8 Å². The Morgan fingerprint density at radius 1 is 1.42 bits per heavy atom.